The van der Waals surface area contributed by atoms with E-state index in [-0.39, 0.29) is 11.6 Å². The van der Waals surface area contributed by atoms with E-state index in [2.05, 4.69) is 0 Å². The van der Waals surface area contributed by atoms with Gasteiger partial charge < -0.3 is 15.2 Å². The predicted octanol–water partition coefficient (Wildman–Crippen LogP) is 0.836. The molecule has 1 aliphatic carbocycles. The van der Waals surface area contributed by atoms with E-state index in [1.54, 1.807) is 0 Å². The number of ether oxygens (including phenoxy) is 2. The van der Waals surface area contributed by atoms with Gasteiger partial charge in [0.2, 0.25) is 0 Å². The molecule has 0 atom stereocenters. The molecule has 0 radical (unpaired) electrons. The Morgan fingerprint density at radius 1 is 1.47 bits per heavy atom. The molecule has 4 heteroatoms. The second kappa shape index (κ2) is 2.95. The quantitative estimate of drug-likeness (QED) is 0.705. The lowest BCUT2D eigenvalue weighted by Crippen LogP contribution is -2.55. The summed E-state index contributed by atoms with van der Waals surface area (Å²) in [5.41, 5.74) is 4.51. The lowest BCUT2D eigenvalue weighted by Gasteiger charge is -2.43. The van der Waals surface area contributed by atoms with E-state index in [1.165, 1.54) is 0 Å². The minimum absolute atomic E-state index is 0.128. The van der Waals surface area contributed by atoms with Crippen LogP contribution in [-0.2, 0) is 14.3 Å². The number of carbonyl (C=O) groups is 1. The van der Waals surface area contributed by atoms with Crippen molar-refractivity contribution in [1.29, 1.82) is 0 Å². The molecule has 3 rings (SSSR count). The molecule has 4 nitrogen and oxygen atoms in total. The summed E-state index contributed by atoms with van der Waals surface area (Å²) in [6.07, 6.45) is 1.42. The van der Waals surface area contributed by atoms with Crippen LogP contribution in [0.25, 0.3) is 0 Å². The third-order valence-electron chi connectivity index (χ3n) is 3.91. The highest BCUT2D eigenvalue weighted by Gasteiger charge is 2.75. The maximum absolute atomic E-state index is 11.9. The number of hydrogen-bond donors (Lipinski definition) is 1. The monoisotopic (exact) mass is 213 g/mol. The van der Waals surface area contributed by atoms with Gasteiger partial charge in [0.15, 0.2) is 0 Å². The molecule has 86 valence electrons. The first-order valence-electron chi connectivity index (χ1n) is 5.49. The normalized spacial score (nSPS) is 41.1. The van der Waals surface area contributed by atoms with Crippen LogP contribution in [0.3, 0.4) is 0 Å². The fourth-order valence-corrected chi connectivity index (χ4v) is 3.03. The van der Waals surface area contributed by atoms with Gasteiger partial charge in [0.25, 0.3) is 0 Å². The van der Waals surface area contributed by atoms with Crippen LogP contribution < -0.4 is 5.73 Å². The van der Waals surface area contributed by atoms with Crippen molar-refractivity contribution in [2.45, 2.75) is 44.8 Å². The summed E-state index contributed by atoms with van der Waals surface area (Å²) in [4.78, 5) is 11.9. The van der Waals surface area contributed by atoms with E-state index >= 15 is 0 Å². The molecular weight excluding hydrogens is 194 g/mol. The lowest BCUT2D eigenvalue weighted by atomic mass is 9.56. The molecule has 0 unspecified atom stereocenters. The molecular formula is C11H19NO3. The van der Waals surface area contributed by atoms with Gasteiger partial charge in [-0.25, -0.2) is 0 Å². The average Bonchev–Trinajstić information content (AvgIpc) is 2.46. The zero-order chi connectivity index (χ0) is 11.3. The van der Waals surface area contributed by atoms with Gasteiger partial charge in [-0.05, 0) is 33.6 Å². The number of fused-ring (bicyclic) bond motifs is 1. The Bertz CT molecular complexity index is 292. The molecule has 1 saturated carbocycles. The molecule has 0 spiro atoms. The molecule has 2 saturated heterocycles. The molecule has 2 heterocycles. The van der Waals surface area contributed by atoms with Gasteiger partial charge in [-0.3, -0.25) is 4.79 Å². The van der Waals surface area contributed by atoms with Crippen molar-refractivity contribution in [3.05, 3.63) is 0 Å². The van der Waals surface area contributed by atoms with Crippen molar-refractivity contribution in [1.82, 2.24) is 0 Å². The highest BCUT2D eigenvalue weighted by Crippen LogP contribution is 2.66. The predicted molar refractivity (Wildman–Crippen MR) is 55.2 cm³/mol. The van der Waals surface area contributed by atoms with Gasteiger partial charge in [0.1, 0.15) is 5.41 Å². The second-order valence-corrected chi connectivity index (χ2v) is 5.16. The van der Waals surface area contributed by atoms with E-state index in [1.807, 2.05) is 20.8 Å². The largest absolute Gasteiger partial charge is 0.465 e. The van der Waals surface area contributed by atoms with Crippen molar-refractivity contribution in [3.63, 3.8) is 0 Å². The Hall–Kier alpha value is -0.610. The standard InChI is InChI=1S/C11H19NO3/c1-4-14-8(13)11-5-10(6-11,7-12)15-9(11,2)3/h4-7,12H2,1-3H3. The smallest absolute Gasteiger partial charge is 0.315 e. The van der Waals surface area contributed by atoms with Gasteiger partial charge in [-0.2, -0.15) is 0 Å². The Kier molecular flexibility index (Phi) is 2.14. The van der Waals surface area contributed by atoms with Gasteiger partial charge in [0, 0.05) is 6.54 Å². The molecule has 2 bridgehead atoms. The fraction of sp³-hybridized carbons (Fsp3) is 0.909. The first kappa shape index (κ1) is 10.9. The molecule has 3 fully saturated rings. The zero-order valence-corrected chi connectivity index (χ0v) is 9.63. The number of carbonyl (C=O) groups excluding carboxylic acids is 1. The van der Waals surface area contributed by atoms with E-state index in [9.17, 15) is 4.79 Å². The van der Waals surface area contributed by atoms with Crippen LogP contribution in [0.15, 0.2) is 0 Å². The van der Waals surface area contributed by atoms with Gasteiger partial charge in [-0.1, -0.05) is 0 Å². The van der Waals surface area contributed by atoms with Crippen LogP contribution in [-0.4, -0.2) is 30.3 Å². The maximum Gasteiger partial charge on any atom is 0.315 e. The van der Waals surface area contributed by atoms with Gasteiger partial charge in [-0.15, -0.1) is 0 Å². The number of esters is 1. The summed E-state index contributed by atoms with van der Waals surface area (Å²) in [5, 5.41) is 0. The molecule has 0 amide bonds. The van der Waals surface area contributed by atoms with Gasteiger partial charge in [0.05, 0.1) is 17.8 Å². The number of rotatable bonds is 3. The van der Waals surface area contributed by atoms with E-state index in [4.69, 9.17) is 15.2 Å². The first-order valence-corrected chi connectivity index (χ1v) is 5.49. The van der Waals surface area contributed by atoms with Crippen molar-refractivity contribution >= 4 is 5.97 Å². The Labute approximate surface area is 90.1 Å². The van der Waals surface area contributed by atoms with Crippen molar-refractivity contribution in [2.24, 2.45) is 11.1 Å². The molecule has 0 aromatic heterocycles. The summed E-state index contributed by atoms with van der Waals surface area (Å²) in [6, 6.07) is 0. The van der Waals surface area contributed by atoms with E-state index < -0.39 is 11.0 Å². The van der Waals surface area contributed by atoms with Gasteiger partial charge >= 0.3 is 5.97 Å². The third-order valence-corrected chi connectivity index (χ3v) is 3.91. The van der Waals surface area contributed by atoms with Crippen LogP contribution in [0, 0.1) is 5.41 Å². The summed E-state index contributed by atoms with van der Waals surface area (Å²) in [6.45, 7) is 6.64. The minimum Gasteiger partial charge on any atom is -0.465 e. The van der Waals surface area contributed by atoms with Crippen LogP contribution in [0.1, 0.15) is 33.6 Å². The zero-order valence-electron chi connectivity index (χ0n) is 9.63. The van der Waals surface area contributed by atoms with Crippen molar-refractivity contribution in [2.75, 3.05) is 13.2 Å². The average molecular weight is 213 g/mol. The van der Waals surface area contributed by atoms with Crippen LogP contribution in [0.5, 0.6) is 0 Å². The summed E-state index contributed by atoms with van der Waals surface area (Å²) in [7, 11) is 0. The number of nitrogens with two attached hydrogens (primary N) is 1. The Morgan fingerprint density at radius 3 is 2.47 bits per heavy atom. The highest BCUT2D eigenvalue weighted by molar-refractivity contribution is 5.81. The van der Waals surface area contributed by atoms with Crippen LogP contribution in [0.4, 0.5) is 0 Å². The summed E-state index contributed by atoms with van der Waals surface area (Å²) >= 11 is 0. The Balaban J connectivity index is 2.22. The summed E-state index contributed by atoms with van der Waals surface area (Å²) in [5.74, 6) is -0.128. The second-order valence-electron chi connectivity index (χ2n) is 5.16. The van der Waals surface area contributed by atoms with Crippen molar-refractivity contribution in [3.8, 4) is 0 Å². The molecule has 3 aliphatic rings. The van der Waals surface area contributed by atoms with E-state index in [0.29, 0.717) is 26.0 Å². The van der Waals surface area contributed by atoms with Crippen LogP contribution in [0.2, 0.25) is 0 Å². The summed E-state index contributed by atoms with van der Waals surface area (Å²) < 4.78 is 11.0. The Morgan fingerprint density at radius 2 is 2.07 bits per heavy atom. The molecule has 0 aromatic rings. The fourth-order valence-electron chi connectivity index (χ4n) is 3.03. The molecule has 2 aliphatic heterocycles. The SMILES string of the molecule is CCOC(=O)C12CC(CN)(C1)OC2(C)C. The molecule has 2 N–H and O–H groups in total. The lowest BCUT2D eigenvalue weighted by molar-refractivity contribution is -0.163. The highest BCUT2D eigenvalue weighted by atomic mass is 16.6. The molecule has 15 heavy (non-hydrogen) atoms. The maximum atomic E-state index is 11.9. The topological polar surface area (TPSA) is 61.5 Å². The first-order chi connectivity index (χ1) is 6.91. The molecule has 0 aromatic carbocycles. The minimum atomic E-state index is -0.456. The van der Waals surface area contributed by atoms with Crippen molar-refractivity contribution < 1.29 is 14.3 Å². The van der Waals surface area contributed by atoms with Crippen LogP contribution >= 0.6 is 0 Å². The number of hydrogen-bond acceptors (Lipinski definition) is 4. The van der Waals surface area contributed by atoms with E-state index in [0.717, 1.165) is 0 Å². The third kappa shape index (κ3) is 1.18.